The second-order valence-corrected chi connectivity index (χ2v) is 5.01. The van der Waals surface area contributed by atoms with Gasteiger partial charge in [-0.1, -0.05) is 28.0 Å². The Morgan fingerprint density at radius 1 is 1.10 bits per heavy atom. The summed E-state index contributed by atoms with van der Waals surface area (Å²) in [6, 6.07) is 8.32. The minimum Gasteiger partial charge on any atom is -0.403 e. The van der Waals surface area contributed by atoms with Gasteiger partial charge in [-0.25, -0.2) is 0 Å². The Hall–Kier alpha value is -2.63. The van der Waals surface area contributed by atoms with Crippen LogP contribution in [0.1, 0.15) is 22.6 Å². The quantitative estimate of drug-likeness (QED) is 0.792. The molecule has 3 rings (SSSR count). The first-order chi connectivity index (χ1) is 10.1. The Labute approximate surface area is 122 Å². The van der Waals surface area contributed by atoms with Crippen LogP contribution in [0, 0.1) is 20.8 Å². The number of benzene rings is 1. The molecule has 108 valence electrons. The van der Waals surface area contributed by atoms with Crippen molar-refractivity contribution in [2.75, 3.05) is 5.32 Å². The molecule has 3 aromatic rings. The van der Waals surface area contributed by atoms with Crippen LogP contribution in [0.15, 0.2) is 33.2 Å². The molecule has 1 N–H and O–H groups in total. The summed E-state index contributed by atoms with van der Waals surface area (Å²) >= 11 is 0. The lowest BCUT2D eigenvalue weighted by molar-refractivity contribution is 0.391. The molecular formula is C15H16N4O2. The van der Waals surface area contributed by atoms with E-state index in [2.05, 4.69) is 33.7 Å². The molecule has 2 aromatic heterocycles. The number of nitrogens with one attached hydrogen (secondary N) is 1. The number of aryl methyl sites for hydroxylation is 3. The fraction of sp³-hybridized carbons (Fsp3) is 0.267. The van der Waals surface area contributed by atoms with E-state index >= 15 is 0 Å². The second-order valence-electron chi connectivity index (χ2n) is 5.01. The fourth-order valence-electron chi connectivity index (χ4n) is 2.12. The van der Waals surface area contributed by atoms with Crippen molar-refractivity contribution >= 4 is 6.01 Å². The molecule has 2 heterocycles. The summed E-state index contributed by atoms with van der Waals surface area (Å²) in [5.74, 6) is 1.28. The van der Waals surface area contributed by atoms with E-state index in [-0.39, 0.29) is 0 Å². The van der Waals surface area contributed by atoms with Gasteiger partial charge in [-0.3, -0.25) is 0 Å². The van der Waals surface area contributed by atoms with Crippen molar-refractivity contribution in [2.45, 2.75) is 27.3 Å². The fourth-order valence-corrected chi connectivity index (χ4v) is 2.12. The molecule has 6 heteroatoms. The Bertz CT molecular complexity index is 761. The number of hydrogen-bond donors (Lipinski definition) is 1. The van der Waals surface area contributed by atoms with E-state index < -0.39 is 0 Å². The Kier molecular flexibility index (Phi) is 3.43. The average Bonchev–Trinajstić information content (AvgIpc) is 3.05. The van der Waals surface area contributed by atoms with Gasteiger partial charge >= 0.3 is 6.01 Å². The molecule has 0 saturated heterocycles. The highest BCUT2D eigenvalue weighted by Gasteiger charge is 2.11. The molecule has 0 saturated carbocycles. The van der Waals surface area contributed by atoms with Crippen molar-refractivity contribution in [1.82, 2.24) is 15.4 Å². The van der Waals surface area contributed by atoms with Crippen LogP contribution in [0.25, 0.3) is 11.5 Å². The molecule has 0 amide bonds. The van der Waals surface area contributed by atoms with Crippen LogP contribution in [-0.4, -0.2) is 15.4 Å². The summed E-state index contributed by atoms with van der Waals surface area (Å²) in [6.07, 6.45) is 0. The maximum atomic E-state index is 5.63. The molecular weight excluding hydrogens is 268 g/mol. The molecule has 0 unspecified atom stereocenters. The standard InChI is InChI=1S/C15H16N4O2/c1-9-4-5-13(10(2)6-9)14-17-18-15(20-14)16-8-12-7-11(3)21-19-12/h4-7H,8H2,1-3H3,(H,16,18). The average molecular weight is 284 g/mol. The van der Waals surface area contributed by atoms with Crippen molar-refractivity contribution in [2.24, 2.45) is 0 Å². The molecule has 0 atom stereocenters. The zero-order chi connectivity index (χ0) is 14.8. The van der Waals surface area contributed by atoms with Crippen LogP contribution in [0.4, 0.5) is 6.01 Å². The maximum Gasteiger partial charge on any atom is 0.316 e. The molecule has 0 spiro atoms. The third kappa shape index (κ3) is 2.94. The van der Waals surface area contributed by atoms with Gasteiger partial charge in [0.2, 0.25) is 5.89 Å². The summed E-state index contributed by atoms with van der Waals surface area (Å²) in [4.78, 5) is 0. The zero-order valence-electron chi connectivity index (χ0n) is 12.2. The predicted octanol–water partition coefficient (Wildman–Crippen LogP) is 3.26. The minimum atomic E-state index is 0.366. The summed E-state index contributed by atoms with van der Waals surface area (Å²) in [5, 5.41) is 15.0. The van der Waals surface area contributed by atoms with E-state index in [1.165, 1.54) is 5.56 Å². The monoisotopic (exact) mass is 284 g/mol. The summed E-state index contributed by atoms with van der Waals surface area (Å²) in [6.45, 7) is 6.41. The first-order valence-corrected chi connectivity index (χ1v) is 6.69. The summed E-state index contributed by atoms with van der Waals surface area (Å²) < 4.78 is 10.6. The lowest BCUT2D eigenvalue weighted by Gasteiger charge is -2.01. The van der Waals surface area contributed by atoms with Crippen molar-refractivity contribution < 1.29 is 8.94 Å². The van der Waals surface area contributed by atoms with Gasteiger partial charge in [-0.15, -0.1) is 5.10 Å². The Morgan fingerprint density at radius 3 is 2.67 bits per heavy atom. The smallest absolute Gasteiger partial charge is 0.316 e. The molecule has 6 nitrogen and oxygen atoms in total. The molecule has 1 aromatic carbocycles. The number of hydrogen-bond acceptors (Lipinski definition) is 6. The lowest BCUT2D eigenvalue weighted by Crippen LogP contribution is -1.99. The highest BCUT2D eigenvalue weighted by atomic mass is 16.5. The van der Waals surface area contributed by atoms with Crippen molar-refractivity contribution in [1.29, 1.82) is 0 Å². The molecule has 0 radical (unpaired) electrons. The van der Waals surface area contributed by atoms with Crippen LogP contribution >= 0.6 is 0 Å². The number of rotatable bonds is 4. The van der Waals surface area contributed by atoms with E-state index in [1.807, 2.05) is 32.0 Å². The number of aromatic nitrogens is 3. The Morgan fingerprint density at radius 2 is 1.95 bits per heavy atom. The van der Waals surface area contributed by atoms with Crippen molar-refractivity contribution in [3.63, 3.8) is 0 Å². The van der Waals surface area contributed by atoms with Gasteiger partial charge in [-0.05, 0) is 32.4 Å². The van der Waals surface area contributed by atoms with E-state index in [0.29, 0.717) is 18.5 Å². The summed E-state index contributed by atoms with van der Waals surface area (Å²) in [5.41, 5.74) is 4.05. The van der Waals surface area contributed by atoms with Gasteiger partial charge in [0.1, 0.15) is 11.5 Å². The van der Waals surface area contributed by atoms with Gasteiger partial charge in [0.15, 0.2) is 0 Å². The molecule has 0 bridgehead atoms. The van der Waals surface area contributed by atoms with Gasteiger partial charge in [-0.2, -0.15) is 0 Å². The first-order valence-electron chi connectivity index (χ1n) is 6.69. The Balaban J connectivity index is 1.74. The van der Waals surface area contributed by atoms with Crippen molar-refractivity contribution in [3.05, 3.63) is 46.8 Å². The molecule has 0 aliphatic rings. The third-order valence-corrected chi connectivity index (χ3v) is 3.13. The zero-order valence-corrected chi connectivity index (χ0v) is 12.2. The van der Waals surface area contributed by atoms with E-state index in [0.717, 1.165) is 22.6 Å². The number of anilines is 1. The highest BCUT2D eigenvalue weighted by Crippen LogP contribution is 2.24. The maximum absolute atomic E-state index is 5.63. The molecule has 21 heavy (non-hydrogen) atoms. The van der Waals surface area contributed by atoms with E-state index in [9.17, 15) is 0 Å². The topological polar surface area (TPSA) is 77.0 Å². The minimum absolute atomic E-state index is 0.366. The molecule has 0 aliphatic carbocycles. The van der Waals surface area contributed by atoms with Crippen LogP contribution in [0.3, 0.4) is 0 Å². The van der Waals surface area contributed by atoms with Crippen LogP contribution in [0.2, 0.25) is 0 Å². The van der Waals surface area contributed by atoms with E-state index in [4.69, 9.17) is 8.94 Å². The van der Waals surface area contributed by atoms with Crippen LogP contribution in [-0.2, 0) is 6.54 Å². The normalized spacial score (nSPS) is 10.8. The van der Waals surface area contributed by atoms with Crippen LogP contribution in [0.5, 0.6) is 0 Å². The van der Waals surface area contributed by atoms with Crippen molar-refractivity contribution in [3.8, 4) is 11.5 Å². The van der Waals surface area contributed by atoms with Gasteiger partial charge < -0.3 is 14.3 Å². The molecule has 0 fully saturated rings. The lowest BCUT2D eigenvalue weighted by atomic mass is 10.1. The highest BCUT2D eigenvalue weighted by molar-refractivity contribution is 5.59. The van der Waals surface area contributed by atoms with Gasteiger partial charge in [0.05, 0.1) is 6.54 Å². The first kappa shape index (κ1) is 13.4. The van der Waals surface area contributed by atoms with E-state index in [1.54, 1.807) is 0 Å². The summed E-state index contributed by atoms with van der Waals surface area (Å²) in [7, 11) is 0. The SMILES string of the molecule is Cc1ccc(-c2nnc(NCc3cc(C)on3)o2)c(C)c1. The molecule has 0 aliphatic heterocycles. The predicted molar refractivity (Wildman–Crippen MR) is 77.8 cm³/mol. The van der Waals surface area contributed by atoms with Gasteiger partial charge in [0, 0.05) is 11.6 Å². The van der Waals surface area contributed by atoms with Gasteiger partial charge in [0.25, 0.3) is 0 Å². The largest absolute Gasteiger partial charge is 0.403 e. The second kappa shape index (κ2) is 5.40. The number of nitrogens with zero attached hydrogens (tertiary/aromatic N) is 3. The van der Waals surface area contributed by atoms with Crippen LogP contribution < -0.4 is 5.32 Å². The third-order valence-electron chi connectivity index (χ3n) is 3.13.